The molecule has 7 heteroatoms. The number of aromatic amines is 1. The number of thioether (sulfide) groups is 1. The predicted molar refractivity (Wildman–Crippen MR) is 86.4 cm³/mol. The van der Waals surface area contributed by atoms with Crippen LogP contribution in [0, 0.1) is 0 Å². The van der Waals surface area contributed by atoms with E-state index in [1.54, 1.807) is 7.11 Å². The highest BCUT2D eigenvalue weighted by atomic mass is 32.2. The second kappa shape index (κ2) is 6.08. The Kier molecular flexibility index (Phi) is 3.78. The minimum absolute atomic E-state index is 0.583. The first kappa shape index (κ1) is 14.3. The van der Waals surface area contributed by atoms with Crippen molar-refractivity contribution in [2.45, 2.75) is 29.7 Å². The van der Waals surface area contributed by atoms with Gasteiger partial charge in [0.25, 0.3) is 0 Å². The highest BCUT2D eigenvalue weighted by molar-refractivity contribution is 7.98. The zero-order valence-electron chi connectivity index (χ0n) is 12.7. The second-order valence-corrected chi connectivity index (χ2v) is 6.39. The van der Waals surface area contributed by atoms with E-state index in [9.17, 15) is 0 Å². The molecule has 4 rings (SSSR count). The number of hydrogen-bond donors (Lipinski definition) is 1. The molecule has 23 heavy (non-hydrogen) atoms. The van der Waals surface area contributed by atoms with Crippen molar-refractivity contribution in [1.82, 2.24) is 20.3 Å². The van der Waals surface area contributed by atoms with Gasteiger partial charge in [-0.3, -0.25) is 5.10 Å². The van der Waals surface area contributed by atoms with Gasteiger partial charge in [-0.1, -0.05) is 29.1 Å². The molecule has 1 aliphatic carbocycles. The standard InChI is InChI=1S/C16H16N4O2S/c1-21-14-5-3-2-4-12(14)13-8-11(22-20-13)9-23-16-17-15(18-19-16)10-6-7-10/h2-5,8,10H,6-7,9H2,1H3,(H,17,18,19). The van der Waals surface area contributed by atoms with Crippen LogP contribution < -0.4 is 4.74 Å². The molecule has 2 aromatic heterocycles. The molecule has 0 spiro atoms. The number of methoxy groups -OCH3 is 1. The van der Waals surface area contributed by atoms with E-state index in [1.165, 1.54) is 24.6 Å². The molecule has 0 atom stereocenters. The van der Waals surface area contributed by atoms with Gasteiger partial charge >= 0.3 is 0 Å². The van der Waals surface area contributed by atoms with Crippen molar-refractivity contribution in [2.75, 3.05) is 7.11 Å². The number of nitrogens with one attached hydrogen (secondary N) is 1. The van der Waals surface area contributed by atoms with Crippen molar-refractivity contribution < 1.29 is 9.26 Å². The zero-order valence-corrected chi connectivity index (χ0v) is 13.5. The fourth-order valence-corrected chi connectivity index (χ4v) is 3.04. The number of rotatable bonds is 6. The van der Waals surface area contributed by atoms with Crippen LogP contribution in [0.3, 0.4) is 0 Å². The number of aromatic nitrogens is 4. The average Bonchev–Trinajstić information content (AvgIpc) is 3.15. The summed E-state index contributed by atoms with van der Waals surface area (Å²) < 4.78 is 10.8. The van der Waals surface area contributed by atoms with Crippen LogP contribution in [0.5, 0.6) is 5.75 Å². The Hall–Kier alpha value is -2.28. The van der Waals surface area contributed by atoms with E-state index in [4.69, 9.17) is 9.26 Å². The van der Waals surface area contributed by atoms with Crippen LogP contribution in [0.4, 0.5) is 0 Å². The van der Waals surface area contributed by atoms with E-state index in [1.807, 2.05) is 30.3 Å². The quantitative estimate of drug-likeness (QED) is 0.696. The average molecular weight is 328 g/mol. The molecule has 2 heterocycles. The molecule has 1 fully saturated rings. The minimum atomic E-state index is 0.583. The largest absolute Gasteiger partial charge is 0.496 e. The van der Waals surface area contributed by atoms with Crippen LogP contribution in [0.25, 0.3) is 11.3 Å². The van der Waals surface area contributed by atoms with Gasteiger partial charge in [0, 0.05) is 17.5 Å². The Morgan fingerprint density at radius 3 is 3.04 bits per heavy atom. The Bertz CT molecular complexity index is 810. The molecule has 1 aromatic carbocycles. The lowest BCUT2D eigenvalue weighted by atomic mass is 10.1. The lowest BCUT2D eigenvalue weighted by Gasteiger charge is -2.03. The van der Waals surface area contributed by atoms with E-state index in [0.29, 0.717) is 11.7 Å². The van der Waals surface area contributed by atoms with Gasteiger partial charge in [0.1, 0.15) is 23.0 Å². The van der Waals surface area contributed by atoms with Crippen LogP contribution in [0.15, 0.2) is 40.0 Å². The number of para-hydroxylation sites is 1. The first-order chi connectivity index (χ1) is 11.3. The van der Waals surface area contributed by atoms with Gasteiger partial charge < -0.3 is 9.26 Å². The van der Waals surface area contributed by atoms with Gasteiger partial charge in [0.15, 0.2) is 0 Å². The van der Waals surface area contributed by atoms with Crippen molar-refractivity contribution in [3.8, 4) is 17.0 Å². The van der Waals surface area contributed by atoms with E-state index < -0.39 is 0 Å². The monoisotopic (exact) mass is 328 g/mol. The second-order valence-electron chi connectivity index (χ2n) is 5.44. The lowest BCUT2D eigenvalue weighted by molar-refractivity contribution is 0.395. The summed E-state index contributed by atoms with van der Waals surface area (Å²) in [6, 6.07) is 9.68. The summed E-state index contributed by atoms with van der Waals surface area (Å²) in [4.78, 5) is 4.49. The molecule has 0 radical (unpaired) electrons. The van der Waals surface area contributed by atoms with Crippen LogP contribution >= 0.6 is 11.8 Å². The van der Waals surface area contributed by atoms with Crippen LogP contribution in [-0.4, -0.2) is 27.4 Å². The van der Waals surface area contributed by atoms with Gasteiger partial charge in [-0.25, -0.2) is 4.98 Å². The normalized spacial score (nSPS) is 14.1. The third-order valence-electron chi connectivity index (χ3n) is 3.73. The van der Waals surface area contributed by atoms with Crippen molar-refractivity contribution in [3.05, 3.63) is 41.9 Å². The smallest absolute Gasteiger partial charge is 0.208 e. The molecule has 118 valence electrons. The SMILES string of the molecule is COc1ccccc1-c1cc(CSc2n[nH]c(C3CC3)n2)on1. The van der Waals surface area contributed by atoms with Crippen LogP contribution in [0.1, 0.15) is 30.3 Å². The first-order valence-corrected chi connectivity index (χ1v) is 8.46. The summed E-state index contributed by atoms with van der Waals surface area (Å²) in [5.74, 6) is 3.79. The summed E-state index contributed by atoms with van der Waals surface area (Å²) >= 11 is 1.54. The fraction of sp³-hybridized carbons (Fsp3) is 0.312. The summed E-state index contributed by atoms with van der Waals surface area (Å²) in [7, 11) is 1.65. The van der Waals surface area contributed by atoms with Crippen LogP contribution in [-0.2, 0) is 5.75 Å². The third kappa shape index (κ3) is 3.10. The van der Waals surface area contributed by atoms with Gasteiger partial charge in [-0.15, -0.1) is 5.10 Å². The number of benzene rings is 1. The summed E-state index contributed by atoms with van der Waals surface area (Å²) in [5.41, 5.74) is 1.69. The Labute approximate surface area is 137 Å². The van der Waals surface area contributed by atoms with Gasteiger partial charge in [-0.05, 0) is 25.0 Å². The van der Waals surface area contributed by atoms with Crippen LogP contribution in [0.2, 0.25) is 0 Å². The summed E-state index contributed by atoms with van der Waals surface area (Å²) in [6.07, 6.45) is 2.42. The Morgan fingerprint density at radius 1 is 1.35 bits per heavy atom. The molecule has 0 bridgehead atoms. The van der Waals surface area contributed by atoms with E-state index in [0.717, 1.165) is 33.7 Å². The Morgan fingerprint density at radius 2 is 2.22 bits per heavy atom. The maximum atomic E-state index is 5.41. The summed E-state index contributed by atoms with van der Waals surface area (Å²) in [5, 5.41) is 12.1. The highest BCUT2D eigenvalue weighted by Crippen LogP contribution is 2.38. The number of H-pyrrole nitrogens is 1. The van der Waals surface area contributed by atoms with Crippen molar-refractivity contribution in [1.29, 1.82) is 0 Å². The molecule has 0 saturated heterocycles. The molecular formula is C16H16N4O2S. The molecule has 0 unspecified atom stereocenters. The first-order valence-electron chi connectivity index (χ1n) is 7.47. The predicted octanol–water partition coefficient (Wildman–Crippen LogP) is 3.64. The molecule has 0 amide bonds. The minimum Gasteiger partial charge on any atom is -0.496 e. The van der Waals surface area contributed by atoms with Crippen molar-refractivity contribution >= 4 is 11.8 Å². The topological polar surface area (TPSA) is 76.8 Å². The molecule has 1 N–H and O–H groups in total. The van der Waals surface area contributed by atoms with Gasteiger partial charge in [0.05, 0.1) is 12.9 Å². The number of nitrogens with zero attached hydrogens (tertiary/aromatic N) is 3. The molecule has 3 aromatic rings. The maximum Gasteiger partial charge on any atom is 0.208 e. The van der Waals surface area contributed by atoms with Gasteiger partial charge in [-0.2, -0.15) is 0 Å². The highest BCUT2D eigenvalue weighted by Gasteiger charge is 2.27. The van der Waals surface area contributed by atoms with E-state index >= 15 is 0 Å². The number of hydrogen-bond acceptors (Lipinski definition) is 6. The lowest BCUT2D eigenvalue weighted by Crippen LogP contribution is -1.86. The molecular weight excluding hydrogens is 312 g/mol. The van der Waals surface area contributed by atoms with E-state index in [2.05, 4.69) is 20.3 Å². The zero-order chi connectivity index (χ0) is 15.6. The third-order valence-corrected chi connectivity index (χ3v) is 4.60. The van der Waals surface area contributed by atoms with Gasteiger partial charge in [0.2, 0.25) is 5.16 Å². The number of ether oxygens (including phenoxy) is 1. The molecule has 6 nitrogen and oxygen atoms in total. The summed E-state index contributed by atoms with van der Waals surface area (Å²) in [6.45, 7) is 0. The van der Waals surface area contributed by atoms with Crippen molar-refractivity contribution in [3.63, 3.8) is 0 Å². The fourth-order valence-electron chi connectivity index (χ4n) is 2.36. The maximum absolute atomic E-state index is 5.41. The molecule has 1 saturated carbocycles. The van der Waals surface area contributed by atoms with Crippen molar-refractivity contribution in [2.24, 2.45) is 0 Å². The molecule has 0 aliphatic heterocycles. The van der Waals surface area contributed by atoms with E-state index in [-0.39, 0.29) is 0 Å². The Balaban J connectivity index is 1.45. The molecule has 1 aliphatic rings.